The summed E-state index contributed by atoms with van der Waals surface area (Å²) in [4.78, 5) is 0. The minimum atomic E-state index is 0.243. The molecular formula is C7H14N4OS. The van der Waals surface area contributed by atoms with Crippen LogP contribution in [0.1, 0.15) is 26.0 Å². The normalized spacial score (nSPS) is 12.8. The molecule has 1 rings (SSSR count). The second-order valence-corrected chi connectivity index (χ2v) is 3.48. The van der Waals surface area contributed by atoms with Gasteiger partial charge in [0.25, 0.3) is 0 Å². The standard InChI is InChI=1S/C7H14N4OS/c1-3-5(2)12-4-6-7(9-8)13-11-10-6/h5,9H,3-4,8H2,1-2H3. The van der Waals surface area contributed by atoms with Crippen molar-refractivity contribution in [2.45, 2.75) is 33.0 Å². The van der Waals surface area contributed by atoms with Gasteiger partial charge < -0.3 is 10.2 Å². The van der Waals surface area contributed by atoms with Gasteiger partial charge in [0, 0.05) is 11.5 Å². The monoisotopic (exact) mass is 202 g/mol. The summed E-state index contributed by atoms with van der Waals surface area (Å²) in [6, 6.07) is 0. The van der Waals surface area contributed by atoms with E-state index in [4.69, 9.17) is 10.6 Å². The molecule has 1 unspecified atom stereocenters. The van der Waals surface area contributed by atoms with Gasteiger partial charge in [-0.15, -0.1) is 5.10 Å². The number of anilines is 1. The molecule has 0 spiro atoms. The number of ether oxygens (including phenoxy) is 1. The van der Waals surface area contributed by atoms with E-state index >= 15 is 0 Å². The van der Waals surface area contributed by atoms with E-state index in [0.29, 0.717) is 6.61 Å². The fourth-order valence-electron chi connectivity index (χ4n) is 0.752. The van der Waals surface area contributed by atoms with Crippen LogP contribution < -0.4 is 11.3 Å². The minimum absolute atomic E-state index is 0.243. The van der Waals surface area contributed by atoms with E-state index in [-0.39, 0.29) is 6.10 Å². The molecule has 1 aromatic rings. The number of hydrazine groups is 1. The Morgan fingerprint density at radius 3 is 3.08 bits per heavy atom. The van der Waals surface area contributed by atoms with Crippen molar-refractivity contribution in [1.82, 2.24) is 9.59 Å². The lowest BCUT2D eigenvalue weighted by Crippen LogP contribution is -2.10. The molecule has 0 saturated heterocycles. The molecule has 0 aromatic carbocycles. The molecule has 0 aliphatic heterocycles. The predicted octanol–water partition coefficient (Wildman–Crippen LogP) is 1.14. The number of rotatable bonds is 5. The third-order valence-electron chi connectivity index (χ3n) is 1.77. The zero-order valence-electron chi connectivity index (χ0n) is 7.78. The van der Waals surface area contributed by atoms with Crippen LogP contribution in [0.2, 0.25) is 0 Å². The Bertz CT molecular complexity index is 252. The van der Waals surface area contributed by atoms with Crippen molar-refractivity contribution in [3.63, 3.8) is 0 Å². The molecule has 0 amide bonds. The molecule has 5 nitrogen and oxygen atoms in total. The molecule has 1 atom stereocenters. The average molecular weight is 202 g/mol. The number of nitrogen functional groups attached to an aromatic ring is 1. The average Bonchev–Trinajstić information content (AvgIpc) is 2.61. The van der Waals surface area contributed by atoms with E-state index in [1.165, 1.54) is 11.5 Å². The first-order valence-corrected chi connectivity index (χ1v) is 4.94. The Balaban J connectivity index is 2.44. The molecular weight excluding hydrogens is 188 g/mol. The second-order valence-electron chi connectivity index (χ2n) is 2.72. The van der Waals surface area contributed by atoms with Crippen molar-refractivity contribution >= 4 is 16.5 Å². The Hall–Kier alpha value is -0.720. The smallest absolute Gasteiger partial charge is 0.149 e. The van der Waals surface area contributed by atoms with Gasteiger partial charge in [-0.05, 0) is 13.3 Å². The molecule has 0 aliphatic rings. The van der Waals surface area contributed by atoms with Gasteiger partial charge in [0.1, 0.15) is 10.7 Å². The van der Waals surface area contributed by atoms with Crippen LogP contribution in [-0.4, -0.2) is 15.7 Å². The summed E-state index contributed by atoms with van der Waals surface area (Å²) < 4.78 is 9.25. The lowest BCUT2D eigenvalue weighted by molar-refractivity contribution is 0.0492. The summed E-state index contributed by atoms with van der Waals surface area (Å²) in [5, 5.41) is 4.66. The highest BCUT2D eigenvalue weighted by molar-refractivity contribution is 7.10. The fourth-order valence-corrected chi connectivity index (χ4v) is 1.23. The van der Waals surface area contributed by atoms with Crippen LogP contribution in [-0.2, 0) is 11.3 Å². The number of aromatic nitrogens is 2. The van der Waals surface area contributed by atoms with Crippen molar-refractivity contribution in [1.29, 1.82) is 0 Å². The third-order valence-corrected chi connectivity index (χ3v) is 2.47. The Labute approximate surface area is 81.4 Å². The second kappa shape index (κ2) is 5.11. The van der Waals surface area contributed by atoms with Crippen LogP contribution >= 0.6 is 11.5 Å². The molecule has 1 aromatic heterocycles. The molecule has 74 valence electrons. The lowest BCUT2D eigenvalue weighted by atomic mass is 10.3. The molecule has 0 bridgehead atoms. The topological polar surface area (TPSA) is 73.1 Å². The van der Waals surface area contributed by atoms with Crippen molar-refractivity contribution in [3.05, 3.63) is 5.69 Å². The summed E-state index contributed by atoms with van der Waals surface area (Å²) >= 11 is 1.23. The Kier molecular flexibility index (Phi) is 4.07. The minimum Gasteiger partial charge on any atom is -0.372 e. The van der Waals surface area contributed by atoms with Crippen LogP contribution in [0.15, 0.2) is 0 Å². The third kappa shape index (κ3) is 2.91. The zero-order valence-corrected chi connectivity index (χ0v) is 8.60. The predicted molar refractivity (Wildman–Crippen MR) is 52.3 cm³/mol. The van der Waals surface area contributed by atoms with Gasteiger partial charge >= 0.3 is 0 Å². The van der Waals surface area contributed by atoms with E-state index in [1.807, 2.05) is 6.92 Å². The Morgan fingerprint density at radius 2 is 2.46 bits per heavy atom. The van der Waals surface area contributed by atoms with Gasteiger partial charge in [0.05, 0.1) is 12.7 Å². The molecule has 0 aliphatic carbocycles. The zero-order chi connectivity index (χ0) is 9.68. The largest absolute Gasteiger partial charge is 0.372 e. The van der Waals surface area contributed by atoms with Crippen LogP contribution in [0.5, 0.6) is 0 Å². The molecule has 1 heterocycles. The Morgan fingerprint density at radius 1 is 1.69 bits per heavy atom. The molecule has 0 fully saturated rings. The lowest BCUT2D eigenvalue weighted by Gasteiger charge is -2.08. The number of nitrogens with two attached hydrogens (primary N) is 1. The van der Waals surface area contributed by atoms with Gasteiger partial charge in [-0.1, -0.05) is 11.4 Å². The summed E-state index contributed by atoms with van der Waals surface area (Å²) in [6.07, 6.45) is 1.23. The van der Waals surface area contributed by atoms with Gasteiger partial charge in [-0.2, -0.15) is 0 Å². The number of nitrogens with zero attached hydrogens (tertiary/aromatic N) is 2. The first-order chi connectivity index (χ1) is 6.27. The molecule has 3 N–H and O–H groups in total. The van der Waals surface area contributed by atoms with Crippen molar-refractivity contribution < 1.29 is 4.74 Å². The highest BCUT2D eigenvalue weighted by Crippen LogP contribution is 2.17. The summed E-state index contributed by atoms with van der Waals surface area (Å²) in [7, 11) is 0. The molecule has 6 heteroatoms. The number of hydrogen-bond acceptors (Lipinski definition) is 6. The van der Waals surface area contributed by atoms with Gasteiger partial charge in [-0.25, -0.2) is 5.84 Å². The maximum absolute atomic E-state index is 5.49. The van der Waals surface area contributed by atoms with Crippen molar-refractivity contribution in [2.24, 2.45) is 5.84 Å². The summed E-state index contributed by atoms with van der Waals surface area (Å²) in [5.74, 6) is 5.26. The van der Waals surface area contributed by atoms with E-state index < -0.39 is 0 Å². The van der Waals surface area contributed by atoms with Crippen molar-refractivity contribution in [2.75, 3.05) is 5.43 Å². The van der Waals surface area contributed by atoms with E-state index in [9.17, 15) is 0 Å². The molecule has 13 heavy (non-hydrogen) atoms. The quantitative estimate of drug-likeness (QED) is 0.553. The number of nitrogens with one attached hydrogen (secondary N) is 1. The maximum Gasteiger partial charge on any atom is 0.149 e. The van der Waals surface area contributed by atoms with Gasteiger partial charge in [0.2, 0.25) is 0 Å². The highest BCUT2D eigenvalue weighted by atomic mass is 32.1. The molecule has 0 radical (unpaired) electrons. The summed E-state index contributed by atoms with van der Waals surface area (Å²) in [5.41, 5.74) is 3.30. The van der Waals surface area contributed by atoms with Crippen molar-refractivity contribution in [3.8, 4) is 0 Å². The summed E-state index contributed by atoms with van der Waals surface area (Å²) in [6.45, 7) is 4.56. The van der Waals surface area contributed by atoms with Crippen LogP contribution in [0, 0.1) is 0 Å². The van der Waals surface area contributed by atoms with Crippen LogP contribution in [0.4, 0.5) is 5.00 Å². The van der Waals surface area contributed by atoms with E-state index in [1.54, 1.807) is 0 Å². The SMILES string of the molecule is CCC(C)OCc1nnsc1NN. The van der Waals surface area contributed by atoms with Gasteiger partial charge in [-0.3, -0.25) is 0 Å². The highest BCUT2D eigenvalue weighted by Gasteiger charge is 2.07. The number of hydrogen-bond donors (Lipinski definition) is 2. The first-order valence-electron chi connectivity index (χ1n) is 4.17. The van der Waals surface area contributed by atoms with E-state index in [2.05, 4.69) is 21.9 Å². The van der Waals surface area contributed by atoms with Gasteiger partial charge in [0.15, 0.2) is 0 Å². The maximum atomic E-state index is 5.49. The first kappa shape index (κ1) is 10.4. The van der Waals surface area contributed by atoms with Crippen LogP contribution in [0.25, 0.3) is 0 Å². The molecule has 0 saturated carbocycles. The van der Waals surface area contributed by atoms with E-state index in [0.717, 1.165) is 17.1 Å². The van der Waals surface area contributed by atoms with Crippen LogP contribution in [0.3, 0.4) is 0 Å². The fraction of sp³-hybridized carbons (Fsp3) is 0.714.